The minimum absolute atomic E-state index is 0.113. The van der Waals surface area contributed by atoms with E-state index in [0.717, 1.165) is 0 Å². The van der Waals surface area contributed by atoms with Gasteiger partial charge in [-0.25, -0.2) is 4.79 Å². The molecule has 0 radical (unpaired) electrons. The second-order valence-electron chi connectivity index (χ2n) is 14.3. The Hall–Kier alpha value is -3.06. The van der Waals surface area contributed by atoms with Crippen LogP contribution in [-0.4, -0.2) is 109 Å². The highest BCUT2D eigenvalue weighted by Gasteiger charge is 2.86. The largest absolute Gasteiger partial charge is 0.497 e. The molecule has 5 fully saturated rings. The Bertz CT molecular complexity index is 1550. The molecule has 3 aliphatic carbocycles. The van der Waals surface area contributed by atoms with E-state index in [0.29, 0.717) is 42.7 Å². The van der Waals surface area contributed by atoms with Gasteiger partial charge in [-0.15, -0.1) is 0 Å². The predicted octanol–water partition coefficient (Wildman–Crippen LogP) is 3.28. The van der Waals surface area contributed by atoms with Crippen LogP contribution in [0.1, 0.15) is 59.7 Å². The number of rotatable bonds is 8. The Morgan fingerprint density at radius 1 is 0.936 bits per heavy atom. The third-order valence-electron chi connectivity index (χ3n) is 12.8. The maximum Gasteiger partial charge on any atom is 0.340 e. The summed E-state index contributed by atoms with van der Waals surface area (Å²) in [5.74, 6) is -1.09. The van der Waals surface area contributed by atoms with E-state index < -0.39 is 46.4 Å². The summed E-state index contributed by atoms with van der Waals surface area (Å²) in [6.07, 6.45) is 1.32. The summed E-state index contributed by atoms with van der Waals surface area (Å²) in [6.45, 7) is 1.97. The van der Waals surface area contributed by atoms with Gasteiger partial charge < -0.3 is 39.2 Å². The minimum atomic E-state index is -1.54. The molecule has 2 aromatic carbocycles. The maximum absolute atomic E-state index is 14.1. The van der Waals surface area contributed by atoms with Gasteiger partial charge in [0.2, 0.25) is 0 Å². The van der Waals surface area contributed by atoms with E-state index in [9.17, 15) is 19.8 Å². The number of aliphatic hydroxyl groups is 2. The lowest BCUT2D eigenvalue weighted by atomic mass is 9.53. The van der Waals surface area contributed by atoms with Gasteiger partial charge in [0.25, 0.3) is 5.91 Å². The van der Waals surface area contributed by atoms with Crippen LogP contribution in [-0.2, 0) is 18.9 Å². The molecule has 2 aromatic rings. The number of hydrogen-bond donors (Lipinski definition) is 3. The molecule has 1 amide bonds. The topological polar surface area (TPSA) is 136 Å². The zero-order valence-corrected chi connectivity index (χ0v) is 27.9. The standard InChI is InChI=1S/C36H46N2O9/c1-33(47-32(40)22-9-7-8-10-24(22)37-31(39)20-11-13-21(43-3)14-12-20)16-15-29(45-5)35-26(33)18-28(38(35)2)34(41)19-25(44-4)23-17-27(35)36(34,42)30(23)46-6/h7-14,23,25-30,41-42H,15-19H2,1-6H3,(H,37,39)/t23-,25+,26?,27?,28-,29+,30+,33?,34+,35?,36+/m1/s1. The highest BCUT2D eigenvalue weighted by atomic mass is 16.6. The summed E-state index contributed by atoms with van der Waals surface area (Å²) in [4.78, 5) is 29.5. The minimum Gasteiger partial charge on any atom is -0.497 e. The third-order valence-corrected chi connectivity index (χ3v) is 12.8. The van der Waals surface area contributed by atoms with Crippen molar-refractivity contribution in [2.75, 3.05) is 40.8 Å². The van der Waals surface area contributed by atoms with Gasteiger partial charge >= 0.3 is 5.97 Å². The molecule has 2 aliphatic heterocycles. The molecule has 7 rings (SSSR count). The maximum atomic E-state index is 14.1. The Morgan fingerprint density at radius 2 is 1.66 bits per heavy atom. The number of ether oxygens (including phenoxy) is 5. The summed E-state index contributed by atoms with van der Waals surface area (Å²) in [5, 5.41) is 28.3. The lowest BCUT2D eigenvalue weighted by Crippen LogP contribution is -2.83. The number of hydrogen-bond acceptors (Lipinski definition) is 10. The summed E-state index contributed by atoms with van der Waals surface area (Å²) >= 11 is 0. The van der Waals surface area contributed by atoms with Crippen molar-refractivity contribution in [3.8, 4) is 5.75 Å². The SMILES string of the molecule is COc1ccc(C(=O)Nc2ccccc2C(=O)OC2(C)CC[C@H](OC)C34C2C[C@@H](N3C)[C@@]2(O)C[C@H](OC)[C@H]3CC4[C@]2(O)[C@H]3OC)cc1. The predicted molar refractivity (Wildman–Crippen MR) is 171 cm³/mol. The Kier molecular flexibility index (Phi) is 7.78. The molecule has 11 heteroatoms. The Labute approximate surface area is 275 Å². The fraction of sp³-hybridized carbons (Fsp3) is 0.611. The second kappa shape index (κ2) is 11.2. The molecular formula is C36H46N2O9. The van der Waals surface area contributed by atoms with Crippen LogP contribution < -0.4 is 10.1 Å². The van der Waals surface area contributed by atoms with Gasteiger partial charge in [-0.2, -0.15) is 0 Å². The quantitative estimate of drug-likeness (QED) is 0.366. The zero-order valence-electron chi connectivity index (χ0n) is 27.9. The normalized spacial score (nSPS) is 41.7. The molecule has 3 N–H and O–H groups in total. The van der Waals surface area contributed by atoms with Gasteiger partial charge in [0.15, 0.2) is 0 Å². The molecule has 11 nitrogen and oxygen atoms in total. The zero-order chi connectivity index (χ0) is 33.5. The number of carbonyl (C=O) groups excluding carboxylic acids is 2. The van der Waals surface area contributed by atoms with Crippen molar-refractivity contribution in [1.29, 1.82) is 0 Å². The molecule has 254 valence electrons. The summed E-state index contributed by atoms with van der Waals surface area (Å²) < 4.78 is 29.9. The number of likely N-dealkylation sites (N-methyl/N-ethyl adjacent to an activating group) is 1. The van der Waals surface area contributed by atoms with Crippen LogP contribution in [0.15, 0.2) is 48.5 Å². The molecule has 4 unspecified atom stereocenters. The van der Waals surface area contributed by atoms with Crippen LogP contribution in [0.2, 0.25) is 0 Å². The third kappa shape index (κ3) is 4.20. The Balaban J connectivity index is 1.23. The summed E-state index contributed by atoms with van der Waals surface area (Å²) in [5.41, 5.74) is -3.75. The lowest BCUT2D eigenvalue weighted by Gasteiger charge is -2.66. The fourth-order valence-electron chi connectivity index (χ4n) is 10.9. The van der Waals surface area contributed by atoms with Crippen molar-refractivity contribution in [2.24, 2.45) is 17.8 Å². The molecule has 3 saturated carbocycles. The van der Waals surface area contributed by atoms with E-state index in [1.165, 1.54) is 0 Å². The van der Waals surface area contributed by atoms with Crippen molar-refractivity contribution in [3.05, 3.63) is 59.7 Å². The highest BCUT2D eigenvalue weighted by Crippen LogP contribution is 2.72. The van der Waals surface area contributed by atoms with Gasteiger partial charge in [0, 0.05) is 57.1 Å². The van der Waals surface area contributed by atoms with E-state index in [4.69, 9.17) is 23.7 Å². The van der Waals surface area contributed by atoms with Gasteiger partial charge in [-0.1, -0.05) is 12.1 Å². The van der Waals surface area contributed by atoms with Crippen LogP contribution in [0, 0.1) is 17.8 Å². The highest BCUT2D eigenvalue weighted by molar-refractivity contribution is 6.08. The number of para-hydroxylation sites is 1. The van der Waals surface area contributed by atoms with Crippen LogP contribution in [0.5, 0.6) is 5.75 Å². The molecule has 4 bridgehead atoms. The first-order valence-corrected chi connectivity index (χ1v) is 16.5. The van der Waals surface area contributed by atoms with Crippen molar-refractivity contribution < 1.29 is 43.5 Å². The average Bonchev–Trinajstić information content (AvgIpc) is 3.52. The number of carbonyl (C=O) groups is 2. The van der Waals surface area contributed by atoms with E-state index in [1.54, 1.807) is 77.0 Å². The fourth-order valence-corrected chi connectivity index (χ4v) is 10.9. The van der Waals surface area contributed by atoms with Crippen LogP contribution >= 0.6 is 0 Å². The number of nitrogens with one attached hydrogen (secondary N) is 1. The monoisotopic (exact) mass is 650 g/mol. The molecule has 2 saturated heterocycles. The summed E-state index contributed by atoms with van der Waals surface area (Å²) in [6, 6.07) is 13.1. The van der Waals surface area contributed by atoms with Crippen molar-refractivity contribution in [3.63, 3.8) is 0 Å². The number of benzene rings is 2. The molecular weight excluding hydrogens is 604 g/mol. The number of esters is 1. The van der Waals surface area contributed by atoms with E-state index >= 15 is 0 Å². The molecule has 47 heavy (non-hydrogen) atoms. The van der Waals surface area contributed by atoms with E-state index in [2.05, 4.69) is 10.2 Å². The Morgan fingerprint density at radius 3 is 2.32 bits per heavy atom. The average molecular weight is 651 g/mol. The van der Waals surface area contributed by atoms with Gasteiger partial charge in [-0.05, 0) is 76.1 Å². The van der Waals surface area contributed by atoms with Crippen LogP contribution in [0.3, 0.4) is 0 Å². The number of piperidine rings is 1. The molecule has 0 aromatic heterocycles. The van der Waals surface area contributed by atoms with E-state index in [1.807, 2.05) is 14.0 Å². The molecule has 5 aliphatic rings. The molecule has 2 heterocycles. The van der Waals surface area contributed by atoms with E-state index in [-0.39, 0.29) is 41.9 Å². The number of amides is 1. The first-order chi connectivity index (χ1) is 22.4. The lowest BCUT2D eigenvalue weighted by molar-refractivity contribution is -0.318. The number of anilines is 1. The van der Waals surface area contributed by atoms with Crippen molar-refractivity contribution in [2.45, 2.75) is 85.7 Å². The first-order valence-electron chi connectivity index (χ1n) is 16.5. The van der Waals surface area contributed by atoms with Gasteiger partial charge in [0.1, 0.15) is 22.6 Å². The van der Waals surface area contributed by atoms with Crippen molar-refractivity contribution in [1.82, 2.24) is 4.90 Å². The second-order valence-corrected chi connectivity index (χ2v) is 14.3. The van der Waals surface area contributed by atoms with Crippen LogP contribution in [0.25, 0.3) is 0 Å². The van der Waals surface area contributed by atoms with Crippen molar-refractivity contribution >= 4 is 17.6 Å². The van der Waals surface area contributed by atoms with Gasteiger partial charge in [0.05, 0.1) is 42.2 Å². The first kappa shape index (κ1) is 32.5. The number of methoxy groups -OCH3 is 4. The summed E-state index contributed by atoms with van der Waals surface area (Å²) in [7, 11) is 8.53. The number of nitrogens with zero attached hydrogens (tertiary/aromatic N) is 1. The van der Waals surface area contributed by atoms with Gasteiger partial charge in [-0.3, -0.25) is 9.69 Å². The molecule has 1 spiro atoms. The number of fused-ring (bicyclic) bond motifs is 3. The molecule has 11 atom stereocenters. The smallest absolute Gasteiger partial charge is 0.340 e. The van der Waals surface area contributed by atoms with Crippen LogP contribution in [0.4, 0.5) is 5.69 Å².